The Kier molecular flexibility index (Phi) is 3.15. The third-order valence-corrected chi connectivity index (χ3v) is 3.32. The number of nitro groups is 1. The fourth-order valence-electron chi connectivity index (χ4n) is 2.19. The van der Waals surface area contributed by atoms with E-state index in [0.717, 1.165) is 24.3 Å². The topological polar surface area (TPSA) is 80.1 Å². The minimum atomic E-state index is -0.486. The van der Waals surface area contributed by atoms with Crippen LogP contribution < -0.4 is 10.6 Å². The molecule has 1 aliphatic rings. The fraction of sp³-hybridized carbons (Fsp3) is 0.154. The van der Waals surface area contributed by atoms with Gasteiger partial charge in [-0.3, -0.25) is 10.1 Å². The van der Waals surface area contributed by atoms with Gasteiger partial charge >= 0.3 is 5.69 Å². The highest BCUT2D eigenvalue weighted by atomic mass is 35.5. The molecule has 0 amide bonds. The van der Waals surface area contributed by atoms with Crippen molar-refractivity contribution in [2.75, 3.05) is 17.2 Å². The number of aromatic nitrogens is 1. The molecule has 2 heterocycles. The second-order valence-electron chi connectivity index (χ2n) is 4.43. The van der Waals surface area contributed by atoms with Gasteiger partial charge in [0.1, 0.15) is 5.15 Å². The standard InChI is InChI=1S/C13H11ClN4O2/c14-12-4-3-11(18(19)20)13(17-12)16-9-1-2-10-8(7-9)5-6-15-10/h1-4,7,15H,5-6H2,(H,16,17). The predicted octanol–water partition coefficient (Wildman–Crippen LogP) is 3.35. The van der Waals surface area contributed by atoms with Crippen molar-refractivity contribution in [1.29, 1.82) is 0 Å². The van der Waals surface area contributed by atoms with Crippen LogP contribution in [0.4, 0.5) is 22.9 Å². The van der Waals surface area contributed by atoms with E-state index in [-0.39, 0.29) is 16.7 Å². The fourth-order valence-corrected chi connectivity index (χ4v) is 2.33. The van der Waals surface area contributed by atoms with Crippen LogP contribution >= 0.6 is 11.6 Å². The quantitative estimate of drug-likeness (QED) is 0.515. The van der Waals surface area contributed by atoms with Crippen LogP contribution in [0.1, 0.15) is 5.56 Å². The first-order valence-corrected chi connectivity index (χ1v) is 6.46. The van der Waals surface area contributed by atoms with E-state index in [2.05, 4.69) is 15.6 Å². The van der Waals surface area contributed by atoms with Crippen molar-refractivity contribution in [2.24, 2.45) is 0 Å². The van der Waals surface area contributed by atoms with E-state index < -0.39 is 4.92 Å². The molecule has 0 bridgehead atoms. The molecular weight excluding hydrogens is 280 g/mol. The summed E-state index contributed by atoms with van der Waals surface area (Å²) < 4.78 is 0. The van der Waals surface area contributed by atoms with Gasteiger partial charge in [0.15, 0.2) is 0 Å². The minimum absolute atomic E-state index is 0.104. The Hall–Kier alpha value is -2.34. The first-order chi connectivity index (χ1) is 9.63. The molecule has 3 rings (SSSR count). The first kappa shape index (κ1) is 12.7. The number of hydrogen-bond donors (Lipinski definition) is 2. The van der Waals surface area contributed by atoms with Crippen molar-refractivity contribution in [1.82, 2.24) is 4.98 Å². The third-order valence-electron chi connectivity index (χ3n) is 3.11. The molecule has 20 heavy (non-hydrogen) atoms. The molecule has 2 aromatic rings. The van der Waals surface area contributed by atoms with Gasteiger partial charge in [0.2, 0.25) is 5.82 Å². The van der Waals surface area contributed by atoms with Gasteiger partial charge in [-0.1, -0.05) is 11.6 Å². The second-order valence-corrected chi connectivity index (χ2v) is 4.82. The van der Waals surface area contributed by atoms with Crippen molar-refractivity contribution >= 4 is 34.5 Å². The lowest BCUT2D eigenvalue weighted by Crippen LogP contribution is -2.00. The highest BCUT2D eigenvalue weighted by molar-refractivity contribution is 6.29. The molecule has 0 saturated carbocycles. The number of pyridine rings is 1. The molecule has 0 aliphatic carbocycles. The van der Waals surface area contributed by atoms with Gasteiger partial charge in [-0.05, 0) is 36.2 Å². The normalized spacial score (nSPS) is 12.7. The largest absolute Gasteiger partial charge is 0.384 e. The van der Waals surface area contributed by atoms with E-state index in [0.29, 0.717) is 0 Å². The second kappa shape index (κ2) is 4.97. The Balaban J connectivity index is 1.95. The number of nitrogens with zero attached hydrogens (tertiary/aromatic N) is 2. The highest BCUT2D eigenvalue weighted by Gasteiger charge is 2.17. The summed E-state index contributed by atoms with van der Waals surface area (Å²) in [6.45, 7) is 0.911. The minimum Gasteiger partial charge on any atom is -0.384 e. The predicted molar refractivity (Wildman–Crippen MR) is 77.8 cm³/mol. The Bertz CT molecular complexity index is 690. The van der Waals surface area contributed by atoms with Crippen LogP contribution in [0.3, 0.4) is 0 Å². The summed E-state index contributed by atoms with van der Waals surface area (Å²) in [7, 11) is 0. The van der Waals surface area contributed by atoms with Crippen molar-refractivity contribution in [2.45, 2.75) is 6.42 Å². The molecule has 1 aromatic heterocycles. The molecule has 0 radical (unpaired) electrons. The molecule has 0 spiro atoms. The average molecular weight is 291 g/mol. The van der Waals surface area contributed by atoms with E-state index in [4.69, 9.17) is 11.6 Å². The zero-order chi connectivity index (χ0) is 14.1. The van der Waals surface area contributed by atoms with Crippen LogP contribution in [0.2, 0.25) is 5.15 Å². The van der Waals surface area contributed by atoms with Crippen LogP contribution in [-0.2, 0) is 6.42 Å². The average Bonchev–Trinajstić information content (AvgIpc) is 2.85. The van der Waals surface area contributed by atoms with Crippen LogP contribution in [0, 0.1) is 10.1 Å². The molecule has 0 saturated heterocycles. The molecule has 0 atom stereocenters. The van der Waals surface area contributed by atoms with Crippen LogP contribution in [0.5, 0.6) is 0 Å². The SMILES string of the molecule is O=[N+]([O-])c1ccc(Cl)nc1Nc1ccc2c(c1)CCN2. The monoisotopic (exact) mass is 290 g/mol. The molecular formula is C13H11ClN4O2. The van der Waals surface area contributed by atoms with Gasteiger partial charge in [0.05, 0.1) is 4.92 Å². The van der Waals surface area contributed by atoms with Gasteiger partial charge in [-0.25, -0.2) is 4.98 Å². The lowest BCUT2D eigenvalue weighted by atomic mass is 10.1. The number of rotatable bonds is 3. The lowest BCUT2D eigenvalue weighted by Gasteiger charge is -2.08. The Morgan fingerprint density at radius 1 is 1.35 bits per heavy atom. The number of nitrogens with one attached hydrogen (secondary N) is 2. The van der Waals surface area contributed by atoms with E-state index in [1.807, 2.05) is 18.2 Å². The molecule has 0 fully saturated rings. The summed E-state index contributed by atoms with van der Waals surface area (Å²) in [5.74, 6) is 0.147. The van der Waals surface area contributed by atoms with Crippen molar-refractivity contribution < 1.29 is 4.92 Å². The van der Waals surface area contributed by atoms with Crippen LogP contribution in [-0.4, -0.2) is 16.5 Å². The number of fused-ring (bicyclic) bond motifs is 1. The molecule has 1 aliphatic heterocycles. The molecule has 1 aromatic carbocycles. The van der Waals surface area contributed by atoms with E-state index in [1.54, 1.807) is 0 Å². The zero-order valence-electron chi connectivity index (χ0n) is 10.4. The van der Waals surface area contributed by atoms with E-state index in [1.165, 1.54) is 17.7 Å². The molecule has 7 heteroatoms. The first-order valence-electron chi connectivity index (χ1n) is 6.08. The smallest absolute Gasteiger partial charge is 0.311 e. The van der Waals surface area contributed by atoms with Crippen molar-refractivity contribution in [3.05, 3.63) is 51.2 Å². The number of benzene rings is 1. The Labute approximate surface area is 119 Å². The number of hydrogen-bond acceptors (Lipinski definition) is 5. The third kappa shape index (κ3) is 2.37. The molecule has 102 valence electrons. The molecule has 2 N–H and O–H groups in total. The van der Waals surface area contributed by atoms with Gasteiger partial charge in [-0.15, -0.1) is 0 Å². The van der Waals surface area contributed by atoms with Gasteiger partial charge < -0.3 is 10.6 Å². The van der Waals surface area contributed by atoms with Gasteiger partial charge in [0.25, 0.3) is 0 Å². The summed E-state index contributed by atoms with van der Waals surface area (Å²) in [5, 5.41) is 17.4. The maximum Gasteiger partial charge on any atom is 0.311 e. The Morgan fingerprint density at radius 2 is 2.20 bits per heavy atom. The maximum absolute atomic E-state index is 11.0. The summed E-state index contributed by atoms with van der Waals surface area (Å²) in [5.41, 5.74) is 2.93. The number of anilines is 3. The molecule has 0 unspecified atom stereocenters. The zero-order valence-corrected chi connectivity index (χ0v) is 11.1. The number of halogens is 1. The molecule has 6 nitrogen and oxygen atoms in total. The Morgan fingerprint density at radius 3 is 3.00 bits per heavy atom. The summed E-state index contributed by atoms with van der Waals surface area (Å²) >= 11 is 5.80. The summed E-state index contributed by atoms with van der Waals surface area (Å²) in [6.07, 6.45) is 0.940. The van der Waals surface area contributed by atoms with Gasteiger partial charge in [0, 0.05) is 24.0 Å². The van der Waals surface area contributed by atoms with Crippen LogP contribution in [0.25, 0.3) is 0 Å². The van der Waals surface area contributed by atoms with Gasteiger partial charge in [-0.2, -0.15) is 0 Å². The maximum atomic E-state index is 11.0. The van der Waals surface area contributed by atoms with E-state index >= 15 is 0 Å². The lowest BCUT2D eigenvalue weighted by molar-refractivity contribution is -0.384. The van der Waals surface area contributed by atoms with Crippen molar-refractivity contribution in [3.8, 4) is 0 Å². The van der Waals surface area contributed by atoms with Crippen LogP contribution in [0.15, 0.2) is 30.3 Å². The summed E-state index contributed by atoms with van der Waals surface area (Å²) in [4.78, 5) is 14.5. The van der Waals surface area contributed by atoms with E-state index in [9.17, 15) is 10.1 Å². The highest BCUT2D eigenvalue weighted by Crippen LogP contribution is 2.30. The summed E-state index contributed by atoms with van der Waals surface area (Å²) in [6, 6.07) is 8.50. The van der Waals surface area contributed by atoms with Crippen molar-refractivity contribution in [3.63, 3.8) is 0 Å².